The highest BCUT2D eigenvalue weighted by Gasteiger charge is 2.12. The number of phenols is 1. The van der Waals surface area contributed by atoms with E-state index in [1.54, 1.807) is 0 Å². The van der Waals surface area contributed by atoms with Crippen LogP contribution >= 0.6 is 11.6 Å². The van der Waals surface area contributed by atoms with Crippen molar-refractivity contribution in [2.24, 2.45) is 0 Å². The molecule has 2 amide bonds. The van der Waals surface area contributed by atoms with E-state index >= 15 is 0 Å². The number of nitrogens with one attached hydrogen (secondary N) is 2. The molecule has 0 spiro atoms. The molecule has 98 valence electrons. The lowest BCUT2D eigenvalue weighted by molar-refractivity contribution is -0.120. The number of amides is 2. The molecule has 18 heavy (non-hydrogen) atoms. The van der Waals surface area contributed by atoms with E-state index in [1.165, 1.54) is 18.2 Å². The molecule has 0 unspecified atom stereocenters. The van der Waals surface area contributed by atoms with Crippen LogP contribution in [-0.2, 0) is 4.79 Å². The molecule has 0 fully saturated rings. The second-order valence-corrected chi connectivity index (χ2v) is 4.10. The molecule has 1 aromatic carbocycles. The minimum absolute atomic E-state index is 0.0556. The highest BCUT2D eigenvalue weighted by atomic mass is 35.5. The lowest BCUT2D eigenvalue weighted by atomic mass is 10.2. The van der Waals surface area contributed by atoms with Crippen LogP contribution in [0.3, 0.4) is 0 Å². The summed E-state index contributed by atoms with van der Waals surface area (Å²) >= 11 is 5.82. The Balaban J connectivity index is 2.55. The highest BCUT2D eigenvalue weighted by Crippen LogP contribution is 2.20. The predicted octanol–water partition coefficient (Wildman–Crippen LogP) is 1.30. The first-order chi connectivity index (χ1) is 8.54. The van der Waals surface area contributed by atoms with Crippen LogP contribution in [0.2, 0.25) is 5.02 Å². The van der Waals surface area contributed by atoms with Gasteiger partial charge in [0.2, 0.25) is 5.91 Å². The van der Waals surface area contributed by atoms with Crippen LogP contribution in [0.1, 0.15) is 23.7 Å². The Labute approximate surface area is 110 Å². The summed E-state index contributed by atoms with van der Waals surface area (Å²) in [7, 11) is 0. The Hall–Kier alpha value is -1.75. The van der Waals surface area contributed by atoms with Gasteiger partial charge in [-0.3, -0.25) is 9.59 Å². The van der Waals surface area contributed by atoms with E-state index in [2.05, 4.69) is 10.6 Å². The summed E-state index contributed by atoms with van der Waals surface area (Å²) in [5.41, 5.74) is 0.139. The molecular formula is C12H15ClN2O3. The molecule has 0 aliphatic carbocycles. The normalized spacial score (nSPS) is 9.89. The zero-order chi connectivity index (χ0) is 13.5. The average Bonchev–Trinajstić information content (AvgIpc) is 2.36. The Morgan fingerprint density at radius 1 is 1.33 bits per heavy atom. The predicted molar refractivity (Wildman–Crippen MR) is 68.8 cm³/mol. The van der Waals surface area contributed by atoms with Crippen molar-refractivity contribution in [3.8, 4) is 5.75 Å². The molecule has 0 bridgehead atoms. The van der Waals surface area contributed by atoms with Gasteiger partial charge in [0.1, 0.15) is 5.75 Å². The molecule has 0 atom stereocenters. The molecular weight excluding hydrogens is 256 g/mol. The fourth-order valence-electron chi connectivity index (χ4n) is 1.27. The van der Waals surface area contributed by atoms with Crippen molar-refractivity contribution in [1.29, 1.82) is 0 Å². The average molecular weight is 271 g/mol. The third-order valence-corrected chi connectivity index (χ3v) is 2.51. The van der Waals surface area contributed by atoms with Crippen molar-refractivity contribution in [2.45, 2.75) is 13.3 Å². The summed E-state index contributed by atoms with van der Waals surface area (Å²) in [5, 5.41) is 14.5. The molecule has 0 aromatic heterocycles. The van der Waals surface area contributed by atoms with Crippen molar-refractivity contribution in [3.05, 3.63) is 28.8 Å². The summed E-state index contributed by atoms with van der Waals surface area (Å²) in [6.07, 6.45) is 0.831. The van der Waals surface area contributed by atoms with Gasteiger partial charge in [-0.15, -0.1) is 0 Å². The number of rotatable bonds is 5. The summed E-state index contributed by atoms with van der Waals surface area (Å²) < 4.78 is 0. The molecule has 1 rings (SSSR count). The number of carbonyl (C=O) groups excluding carboxylic acids is 2. The van der Waals surface area contributed by atoms with Gasteiger partial charge in [-0.2, -0.15) is 0 Å². The fourth-order valence-corrected chi connectivity index (χ4v) is 1.47. The first kappa shape index (κ1) is 14.3. The van der Waals surface area contributed by atoms with Crippen LogP contribution in [0, 0.1) is 0 Å². The number of aromatic hydroxyl groups is 1. The molecule has 0 heterocycles. The highest BCUT2D eigenvalue weighted by molar-refractivity contribution is 6.33. The molecule has 6 heteroatoms. The van der Waals surface area contributed by atoms with Crippen molar-refractivity contribution in [3.63, 3.8) is 0 Å². The molecule has 3 N–H and O–H groups in total. The van der Waals surface area contributed by atoms with Gasteiger partial charge in [0, 0.05) is 6.54 Å². The van der Waals surface area contributed by atoms with Gasteiger partial charge in [-0.25, -0.2) is 0 Å². The first-order valence-electron chi connectivity index (χ1n) is 5.58. The van der Waals surface area contributed by atoms with E-state index in [-0.39, 0.29) is 28.8 Å². The molecule has 0 aliphatic heterocycles. The quantitative estimate of drug-likeness (QED) is 0.755. The standard InChI is InChI=1S/C12H15ClN2O3/c1-2-5-14-11(17)7-15-12(18)9-6-8(16)3-4-10(9)13/h3-4,6,16H,2,5,7H2,1H3,(H,14,17)(H,15,18). The van der Waals surface area contributed by atoms with Crippen LogP contribution in [0.5, 0.6) is 5.75 Å². The zero-order valence-electron chi connectivity index (χ0n) is 10.00. The summed E-state index contributed by atoms with van der Waals surface area (Å²) in [6, 6.07) is 4.05. The van der Waals surface area contributed by atoms with E-state index in [9.17, 15) is 14.7 Å². The summed E-state index contributed by atoms with van der Waals surface area (Å²) in [4.78, 5) is 23.0. The summed E-state index contributed by atoms with van der Waals surface area (Å²) in [5.74, 6) is -0.816. The molecule has 0 saturated heterocycles. The van der Waals surface area contributed by atoms with Crippen LogP contribution in [0.4, 0.5) is 0 Å². The number of hydrogen-bond acceptors (Lipinski definition) is 3. The topological polar surface area (TPSA) is 78.4 Å². The minimum Gasteiger partial charge on any atom is -0.508 e. The molecule has 0 aliphatic rings. The SMILES string of the molecule is CCCNC(=O)CNC(=O)c1cc(O)ccc1Cl. The van der Waals surface area contributed by atoms with Crippen molar-refractivity contribution in [1.82, 2.24) is 10.6 Å². The Kier molecular flexibility index (Phi) is 5.45. The Morgan fingerprint density at radius 2 is 2.06 bits per heavy atom. The number of halogens is 1. The van der Waals surface area contributed by atoms with Crippen molar-refractivity contribution < 1.29 is 14.7 Å². The third kappa shape index (κ3) is 4.25. The number of carbonyl (C=O) groups is 2. The monoisotopic (exact) mass is 270 g/mol. The molecule has 1 aromatic rings. The molecule has 0 saturated carbocycles. The molecule has 5 nitrogen and oxygen atoms in total. The zero-order valence-corrected chi connectivity index (χ0v) is 10.8. The maximum absolute atomic E-state index is 11.7. The molecule has 0 radical (unpaired) electrons. The van der Waals surface area contributed by atoms with Gasteiger partial charge in [0.25, 0.3) is 5.91 Å². The van der Waals surface area contributed by atoms with Crippen LogP contribution in [0.25, 0.3) is 0 Å². The van der Waals surface area contributed by atoms with E-state index in [1.807, 2.05) is 6.92 Å². The largest absolute Gasteiger partial charge is 0.508 e. The Morgan fingerprint density at radius 3 is 2.72 bits per heavy atom. The van der Waals surface area contributed by atoms with Crippen LogP contribution < -0.4 is 10.6 Å². The van der Waals surface area contributed by atoms with E-state index in [0.29, 0.717) is 6.54 Å². The second kappa shape index (κ2) is 6.86. The van der Waals surface area contributed by atoms with Crippen LogP contribution in [-0.4, -0.2) is 30.0 Å². The van der Waals surface area contributed by atoms with Gasteiger partial charge >= 0.3 is 0 Å². The lowest BCUT2D eigenvalue weighted by Crippen LogP contribution is -2.37. The van der Waals surface area contributed by atoms with Gasteiger partial charge in [-0.1, -0.05) is 18.5 Å². The number of phenolic OH excluding ortho intramolecular Hbond substituents is 1. The first-order valence-corrected chi connectivity index (χ1v) is 5.95. The summed E-state index contributed by atoms with van der Waals surface area (Å²) in [6.45, 7) is 2.39. The van der Waals surface area contributed by atoms with Crippen molar-refractivity contribution >= 4 is 23.4 Å². The van der Waals surface area contributed by atoms with Gasteiger partial charge in [0.05, 0.1) is 17.1 Å². The van der Waals surface area contributed by atoms with Crippen molar-refractivity contribution in [2.75, 3.05) is 13.1 Å². The van der Waals surface area contributed by atoms with Gasteiger partial charge in [-0.05, 0) is 24.6 Å². The lowest BCUT2D eigenvalue weighted by Gasteiger charge is -2.07. The minimum atomic E-state index is -0.498. The van der Waals surface area contributed by atoms with Gasteiger partial charge < -0.3 is 15.7 Å². The maximum Gasteiger partial charge on any atom is 0.253 e. The third-order valence-electron chi connectivity index (χ3n) is 2.18. The number of hydrogen-bond donors (Lipinski definition) is 3. The smallest absolute Gasteiger partial charge is 0.253 e. The van der Waals surface area contributed by atoms with E-state index < -0.39 is 5.91 Å². The number of benzene rings is 1. The van der Waals surface area contributed by atoms with Crippen LogP contribution in [0.15, 0.2) is 18.2 Å². The van der Waals surface area contributed by atoms with E-state index in [0.717, 1.165) is 6.42 Å². The fraction of sp³-hybridized carbons (Fsp3) is 0.333. The van der Waals surface area contributed by atoms with Gasteiger partial charge in [0.15, 0.2) is 0 Å². The maximum atomic E-state index is 11.7. The second-order valence-electron chi connectivity index (χ2n) is 3.70. The van der Waals surface area contributed by atoms with E-state index in [4.69, 9.17) is 11.6 Å². The Bertz CT molecular complexity index is 449.